The van der Waals surface area contributed by atoms with Crippen LogP contribution in [0.4, 0.5) is 26.3 Å². The third kappa shape index (κ3) is 4.53. The molecule has 2 bridgehead atoms. The summed E-state index contributed by atoms with van der Waals surface area (Å²) in [5.41, 5.74) is -3.00. The second-order valence-corrected chi connectivity index (χ2v) is 11.5. The molecule has 0 amide bonds. The van der Waals surface area contributed by atoms with Gasteiger partial charge >= 0.3 is 12.4 Å². The van der Waals surface area contributed by atoms with Crippen molar-refractivity contribution in [2.75, 3.05) is 0 Å². The van der Waals surface area contributed by atoms with Crippen LogP contribution in [0, 0.1) is 34.0 Å². The van der Waals surface area contributed by atoms with Crippen LogP contribution < -0.4 is 0 Å². The number of halogens is 6. The molecule has 1 atom stereocenters. The van der Waals surface area contributed by atoms with Gasteiger partial charge in [-0.05, 0) is 99.2 Å². The third-order valence-corrected chi connectivity index (χ3v) is 9.71. The Hall–Kier alpha value is -0.420. The smallest absolute Gasteiger partial charge is 0.170 e. The average Bonchev–Trinajstić information content (AvgIpc) is 2.65. The summed E-state index contributed by atoms with van der Waals surface area (Å²) in [5, 5.41) is 0. The van der Waals surface area contributed by atoms with E-state index in [4.69, 9.17) is 0 Å². The van der Waals surface area contributed by atoms with Gasteiger partial charge in [0.15, 0.2) is 5.41 Å². The van der Waals surface area contributed by atoms with Gasteiger partial charge in [-0.15, -0.1) is 0 Å². The summed E-state index contributed by atoms with van der Waals surface area (Å²) in [6.45, 7) is 7.03. The number of rotatable bonds is 0. The van der Waals surface area contributed by atoms with E-state index in [1.807, 2.05) is 0 Å². The van der Waals surface area contributed by atoms with Gasteiger partial charge in [-0.25, -0.2) is 0 Å². The fraction of sp³-hybridized carbons (Fsp3) is 1.00. The molecule has 5 rings (SSSR count). The predicted octanol–water partition coefficient (Wildman–Crippen LogP) is 9.09. The summed E-state index contributed by atoms with van der Waals surface area (Å²) in [6.07, 6.45) is -0.879. The monoisotopic (exact) mass is 440 g/mol. The number of hydrogen-bond acceptors (Lipinski definition) is 0. The van der Waals surface area contributed by atoms with Crippen molar-refractivity contribution in [1.29, 1.82) is 0 Å². The Kier molecular flexibility index (Phi) is 6.60. The molecule has 30 heavy (non-hydrogen) atoms. The number of fused-ring (bicyclic) bond motifs is 3. The first-order chi connectivity index (χ1) is 13.7. The van der Waals surface area contributed by atoms with Crippen molar-refractivity contribution < 1.29 is 26.3 Å². The van der Waals surface area contributed by atoms with E-state index in [0.717, 1.165) is 42.9 Å². The Morgan fingerprint density at radius 1 is 0.633 bits per heavy atom. The summed E-state index contributed by atoms with van der Waals surface area (Å²) >= 11 is 0. The van der Waals surface area contributed by atoms with Crippen molar-refractivity contribution in [3.8, 4) is 0 Å². The zero-order valence-corrected chi connectivity index (χ0v) is 18.7. The van der Waals surface area contributed by atoms with Crippen molar-refractivity contribution in [1.82, 2.24) is 0 Å². The topological polar surface area (TPSA) is 0 Å². The fourth-order valence-electron chi connectivity index (χ4n) is 6.66. The van der Waals surface area contributed by atoms with Gasteiger partial charge in [0.05, 0.1) is 0 Å². The van der Waals surface area contributed by atoms with Crippen molar-refractivity contribution in [2.24, 2.45) is 34.0 Å². The molecule has 0 aliphatic heterocycles. The fourth-order valence-corrected chi connectivity index (χ4v) is 6.66. The minimum atomic E-state index is -5.20. The highest BCUT2D eigenvalue weighted by atomic mass is 19.4. The molecule has 0 nitrogen and oxygen atoms in total. The SMILES string of the molecule is CC1CCC2(CC1)CCC(C(F)(F)F)(C(F)(F)F)CC2.C[C@H]1CC2CCC1(C)CC2. The Morgan fingerprint density at radius 3 is 1.43 bits per heavy atom. The summed E-state index contributed by atoms with van der Waals surface area (Å²) in [6, 6.07) is 0. The van der Waals surface area contributed by atoms with Crippen molar-refractivity contribution in [2.45, 2.75) is 117 Å². The molecule has 0 aromatic heterocycles. The first-order valence-corrected chi connectivity index (χ1v) is 11.9. The maximum Gasteiger partial charge on any atom is 0.403 e. The second-order valence-electron chi connectivity index (χ2n) is 11.5. The van der Waals surface area contributed by atoms with Gasteiger partial charge in [-0.2, -0.15) is 26.3 Å². The normalized spacial score (nSPS) is 36.3. The van der Waals surface area contributed by atoms with Crippen LogP contribution in [0.2, 0.25) is 0 Å². The Balaban J connectivity index is 0.000000212. The minimum absolute atomic E-state index is 0.0543. The molecule has 0 unspecified atom stereocenters. The summed E-state index contributed by atoms with van der Waals surface area (Å²) in [5.74, 6) is 2.66. The number of alkyl halides is 6. The van der Waals surface area contributed by atoms with E-state index in [1.165, 1.54) is 32.1 Å². The van der Waals surface area contributed by atoms with Gasteiger partial charge in [0.1, 0.15) is 0 Å². The van der Waals surface area contributed by atoms with Gasteiger partial charge in [0.25, 0.3) is 0 Å². The maximum absolute atomic E-state index is 13.0. The first kappa shape index (κ1) is 24.2. The zero-order valence-electron chi connectivity index (χ0n) is 18.7. The minimum Gasteiger partial charge on any atom is -0.170 e. The Bertz CT molecular complexity index is 547. The van der Waals surface area contributed by atoms with E-state index in [0.29, 0.717) is 5.92 Å². The third-order valence-electron chi connectivity index (χ3n) is 9.71. The van der Waals surface area contributed by atoms with Gasteiger partial charge in [0, 0.05) is 0 Å². The van der Waals surface area contributed by atoms with Gasteiger partial charge in [0.2, 0.25) is 0 Å². The Labute approximate surface area is 177 Å². The molecule has 176 valence electrons. The first-order valence-electron chi connectivity index (χ1n) is 11.9. The second kappa shape index (κ2) is 8.17. The highest BCUT2D eigenvalue weighted by molar-refractivity contribution is 5.01. The Morgan fingerprint density at radius 2 is 1.10 bits per heavy atom. The molecule has 0 N–H and O–H groups in total. The van der Waals surface area contributed by atoms with Gasteiger partial charge in [-0.1, -0.05) is 33.6 Å². The van der Waals surface area contributed by atoms with Crippen molar-refractivity contribution in [3.63, 3.8) is 0 Å². The molecule has 5 fully saturated rings. The van der Waals surface area contributed by atoms with E-state index < -0.39 is 30.6 Å². The zero-order chi connectivity index (χ0) is 22.4. The van der Waals surface area contributed by atoms with E-state index in [9.17, 15) is 26.3 Å². The lowest BCUT2D eigenvalue weighted by Gasteiger charge is -2.49. The molecule has 5 aliphatic carbocycles. The van der Waals surface area contributed by atoms with Crippen LogP contribution in [-0.4, -0.2) is 12.4 Å². The van der Waals surface area contributed by atoms with E-state index in [2.05, 4.69) is 20.8 Å². The molecule has 5 aliphatic rings. The molecule has 0 radical (unpaired) electrons. The standard InChI is InChI=1S/C14H20F6.C10H18/c1-10-2-4-11(5-3-10)6-8-12(9-7-11,13(15,16)17)14(18,19)20;1-8-7-9-3-5-10(8,2)6-4-9/h10H,2-9H2,1H3;8-9H,3-7H2,1-2H3/t;8-,9?,10?/m.0/s1. The van der Waals surface area contributed by atoms with Crippen LogP contribution in [0.25, 0.3) is 0 Å². The van der Waals surface area contributed by atoms with E-state index in [-0.39, 0.29) is 18.3 Å². The average molecular weight is 441 g/mol. The quantitative estimate of drug-likeness (QED) is 0.330. The lowest BCUT2D eigenvalue weighted by atomic mass is 9.57. The van der Waals surface area contributed by atoms with Gasteiger partial charge < -0.3 is 0 Å². The molecule has 0 aromatic rings. The lowest BCUT2D eigenvalue weighted by Crippen LogP contribution is -2.53. The van der Waals surface area contributed by atoms with Crippen molar-refractivity contribution in [3.05, 3.63) is 0 Å². The summed E-state index contributed by atoms with van der Waals surface area (Å²) in [7, 11) is 0. The predicted molar refractivity (Wildman–Crippen MR) is 107 cm³/mol. The molecule has 1 spiro atoms. The molecule has 5 saturated carbocycles. The molecular formula is C24H38F6. The summed E-state index contributed by atoms with van der Waals surface area (Å²) in [4.78, 5) is 0. The van der Waals surface area contributed by atoms with Crippen LogP contribution in [0.15, 0.2) is 0 Å². The van der Waals surface area contributed by atoms with Crippen LogP contribution in [-0.2, 0) is 0 Å². The molecule has 0 aromatic carbocycles. The molecule has 6 heteroatoms. The van der Waals surface area contributed by atoms with Crippen LogP contribution in [0.3, 0.4) is 0 Å². The van der Waals surface area contributed by atoms with E-state index >= 15 is 0 Å². The molecule has 0 saturated heterocycles. The number of hydrogen-bond donors (Lipinski definition) is 0. The van der Waals surface area contributed by atoms with Gasteiger partial charge in [-0.3, -0.25) is 0 Å². The highest BCUT2D eigenvalue weighted by Gasteiger charge is 2.71. The molecular weight excluding hydrogens is 402 g/mol. The van der Waals surface area contributed by atoms with Crippen molar-refractivity contribution >= 4 is 0 Å². The van der Waals surface area contributed by atoms with Crippen LogP contribution in [0.5, 0.6) is 0 Å². The lowest BCUT2D eigenvalue weighted by molar-refractivity contribution is -0.354. The van der Waals surface area contributed by atoms with Crippen LogP contribution in [0.1, 0.15) is 104 Å². The van der Waals surface area contributed by atoms with E-state index in [1.54, 1.807) is 0 Å². The molecule has 0 heterocycles. The maximum atomic E-state index is 13.0. The van der Waals surface area contributed by atoms with Crippen LogP contribution >= 0.6 is 0 Å². The highest BCUT2D eigenvalue weighted by Crippen LogP contribution is 2.63. The largest absolute Gasteiger partial charge is 0.403 e. The summed E-state index contributed by atoms with van der Waals surface area (Å²) < 4.78 is 77.9.